The zero-order chi connectivity index (χ0) is 32.7. The van der Waals surface area contributed by atoms with E-state index < -0.39 is 0 Å². The molecule has 0 unspecified atom stereocenters. The number of rotatable bonds is 32. The highest BCUT2D eigenvalue weighted by Crippen LogP contribution is 2.13. The van der Waals surface area contributed by atoms with E-state index in [0.717, 1.165) is 25.7 Å². The molecule has 0 radical (unpaired) electrons. The highest BCUT2D eigenvalue weighted by atomic mass is 16.5. The maximum absolute atomic E-state index is 12.9. The summed E-state index contributed by atoms with van der Waals surface area (Å²) in [6.07, 6.45) is 28.2. The van der Waals surface area contributed by atoms with Gasteiger partial charge in [0.25, 0.3) is 5.91 Å². The highest BCUT2D eigenvalue weighted by Gasteiger charge is 2.21. The molecule has 260 valence electrons. The molecule has 0 aromatic heterocycles. The Morgan fingerprint density at radius 1 is 0.477 bits per heavy atom. The zero-order valence-electron chi connectivity index (χ0n) is 29.9. The summed E-state index contributed by atoms with van der Waals surface area (Å²) in [5, 5.41) is 0. The monoisotopic (exact) mass is 626 g/mol. The molecule has 0 bridgehead atoms. The molecule has 0 saturated carbocycles. The molecular formula is C37H73N2O5+. The SMILES string of the molecule is CCCCCCCCCCCCCC(=O)OCCN(CCOC(=O)CCCCCCCCCCCCC)C(=O)C[N+](C)(C)C. The Hall–Kier alpha value is -1.63. The molecule has 44 heavy (non-hydrogen) atoms. The Morgan fingerprint density at radius 3 is 1.07 bits per heavy atom. The number of carbonyl (C=O) groups excluding carboxylic acids is 3. The predicted molar refractivity (Wildman–Crippen MR) is 184 cm³/mol. The summed E-state index contributed by atoms with van der Waals surface area (Å²) >= 11 is 0. The number of likely N-dealkylation sites (N-methyl/N-ethyl adjacent to an activating group) is 1. The number of nitrogens with zero attached hydrogens (tertiary/aromatic N) is 2. The minimum atomic E-state index is -0.196. The number of unbranched alkanes of at least 4 members (excludes halogenated alkanes) is 20. The molecule has 0 saturated heterocycles. The second-order valence-corrected chi connectivity index (χ2v) is 13.8. The first-order valence-corrected chi connectivity index (χ1v) is 18.6. The summed E-state index contributed by atoms with van der Waals surface area (Å²) < 4.78 is 11.4. The van der Waals surface area contributed by atoms with Crippen LogP contribution in [0.1, 0.15) is 168 Å². The van der Waals surface area contributed by atoms with E-state index in [4.69, 9.17) is 9.47 Å². The van der Waals surface area contributed by atoms with E-state index in [-0.39, 0.29) is 31.1 Å². The van der Waals surface area contributed by atoms with Crippen molar-refractivity contribution in [1.82, 2.24) is 4.90 Å². The lowest BCUT2D eigenvalue weighted by Gasteiger charge is -2.28. The molecule has 0 aliphatic carbocycles. The van der Waals surface area contributed by atoms with Crippen molar-refractivity contribution in [1.29, 1.82) is 0 Å². The van der Waals surface area contributed by atoms with Crippen LogP contribution in [0.25, 0.3) is 0 Å². The lowest BCUT2D eigenvalue weighted by atomic mass is 10.1. The molecule has 1 amide bonds. The van der Waals surface area contributed by atoms with E-state index >= 15 is 0 Å². The molecule has 0 aliphatic rings. The molecule has 7 nitrogen and oxygen atoms in total. The second-order valence-electron chi connectivity index (χ2n) is 13.8. The number of amides is 1. The third kappa shape index (κ3) is 30.4. The maximum atomic E-state index is 12.9. The van der Waals surface area contributed by atoms with Gasteiger partial charge in [0.15, 0.2) is 6.54 Å². The van der Waals surface area contributed by atoms with Gasteiger partial charge in [0.2, 0.25) is 0 Å². The van der Waals surface area contributed by atoms with Gasteiger partial charge < -0.3 is 18.9 Å². The molecule has 7 heteroatoms. The van der Waals surface area contributed by atoms with Crippen molar-refractivity contribution in [3.05, 3.63) is 0 Å². The smallest absolute Gasteiger partial charge is 0.305 e. The van der Waals surface area contributed by atoms with Crippen LogP contribution >= 0.6 is 0 Å². The average Bonchev–Trinajstić information content (AvgIpc) is 2.97. The van der Waals surface area contributed by atoms with Crippen LogP contribution in [0.4, 0.5) is 0 Å². The number of ether oxygens (including phenoxy) is 2. The highest BCUT2D eigenvalue weighted by molar-refractivity contribution is 5.77. The van der Waals surface area contributed by atoms with Gasteiger partial charge in [0.05, 0.1) is 34.2 Å². The van der Waals surface area contributed by atoms with Gasteiger partial charge in [-0.25, -0.2) is 0 Å². The standard InChI is InChI=1S/C37H73N2O5/c1-6-8-10-12-14-16-18-20-22-24-26-28-36(41)43-32-30-38(35(40)34-39(3,4)5)31-33-44-37(42)29-27-25-23-21-19-17-15-13-11-9-7-2/h6-34H2,1-5H3/q+1. The van der Waals surface area contributed by atoms with E-state index in [9.17, 15) is 14.4 Å². The van der Waals surface area contributed by atoms with Crippen LogP contribution in [-0.2, 0) is 23.9 Å². The van der Waals surface area contributed by atoms with Gasteiger partial charge in [0.1, 0.15) is 13.2 Å². The van der Waals surface area contributed by atoms with Gasteiger partial charge in [-0.15, -0.1) is 0 Å². The second kappa shape index (κ2) is 30.0. The van der Waals surface area contributed by atoms with E-state index in [1.165, 1.54) is 116 Å². The largest absolute Gasteiger partial charge is 0.464 e. The lowest BCUT2D eigenvalue weighted by Crippen LogP contribution is -2.48. The number of carbonyl (C=O) groups is 3. The molecule has 0 atom stereocenters. The van der Waals surface area contributed by atoms with E-state index in [2.05, 4.69) is 13.8 Å². The van der Waals surface area contributed by atoms with E-state index in [1.807, 2.05) is 21.1 Å². The quantitative estimate of drug-likeness (QED) is 0.0424. The Kier molecular flexibility index (Phi) is 28.9. The van der Waals surface area contributed by atoms with Crippen molar-refractivity contribution >= 4 is 17.8 Å². The fourth-order valence-electron chi connectivity index (χ4n) is 5.42. The first kappa shape index (κ1) is 42.4. The van der Waals surface area contributed by atoms with Crippen LogP contribution in [0.5, 0.6) is 0 Å². The van der Waals surface area contributed by atoms with Crippen molar-refractivity contribution in [2.24, 2.45) is 0 Å². The normalized spacial score (nSPS) is 11.5. The van der Waals surface area contributed by atoms with Gasteiger partial charge in [-0.2, -0.15) is 0 Å². The molecular weight excluding hydrogens is 552 g/mol. The zero-order valence-corrected chi connectivity index (χ0v) is 29.9. The van der Waals surface area contributed by atoms with Gasteiger partial charge in [-0.05, 0) is 12.8 Å². The van der Waals surface area contributed by atoms with Crippen LogP contribution in [0.15, 0.2) is 0 Å². The maximum Gasteiger partial charge on any atom is 0.305 e. The van der Waals surface area contributed by atoms with E-state index in [1.54, 1.807) is 4.90 Å². The Balaban J connectivity index is 4.07. The Bertz CT molecular complexity index is 648. The van der Waals surface area contributed by atoms with Crippen molar-refractivity contribution in [3.8, 4) is 0 Å². The Labute approximate surface area is 272 Å². The van der Waals surface area contributed by atoms with Gasteiger partial charge in [-0.1, -0.05) is 142 Å². The van der Waals surface area contributed by atoms with Crippen molar-refractivity contribution < 1.29 is 28.3 Å². The number of quaternary nitrogens is 1. The van der Waals surface area contributed by atoms with Gasteiger partial charge in [0, 0.05) is 12.8 Å². The van der Waals surface area contributed by atoms with Crippen LogP contribution in [0, 0.1) is 0 Å². The lowest BCUT2D eigenvalue weighted by molar-refractivity contribution is -0.862. The first-order valence-electron chi connectivity index (χ1n) is 18.6. The molecule has 0 fully saturated rings. The molecule has 0 aromatic carbocycles. The minimum Gasteiger partial charge on any atom is -0.464 e. The third-order valence-electron chi connectivity index (χ3n) is 8.18. The van der Waals surface area contributed by atoms with Gasteiger partial charge in [-0.3, -0.25) is 14.4 Å². The molecule has 0 aromatic rings. The van der Waals surface area contributed by atoms with Crippen LogP contribution in [0.3, 0.4) is 0 Å². The molecule has 0 heterocycles. The van der Waals surface area contributed by atoms with Crippen molar-refractivity contribution in [2.75, 3.05) is 54.0 Å². The summed E-state index contributed by atoms with van der Waals surface area (Å²) in [6, 6.07) is 0. The Morgan fingerprint density at radius 2 is 0.773 bits per heavy atom. The van der Waals surface area contributed by atoms with E-state index in [0.29, 0.717) is 37.0 Å². The summed E-state index contributed by atoms with van der Waals surface area (Å²) in [4.78, 5) is 39.0. The summed E-state index contributed by atoms with van der Waals surface area (Å²) in [7, 11) is 5.91. The predicted octanol–water partition coefficient (Wildman–Crippen LogP) is 9.01. The molecule has 0 N–H and O–H groups in total. The summed E-state index contributed by atoms with van der Waals surface area (Å²) in [5.41, 5.74) is 0. The van der Waals surface area contributed by atoms with Crippen LogP contribution in [-0.4, -0.2) is 81.2 Å². The van der Waals surface area contributed by atoms with Crippen molar-refractivity contribution in [2.45, 2.75) is 168 Å². The van der Waals surface area contributed by atoms with Gasteiger partial charge >= 0.3 is 11.9 Å². The number of hydrogen-bond acceptors (Lipinski definition) is 5. The molecule has 0 rings (SSSR count). The first-order chi connectivity index (χ1) is 21.2. The third-order valence-corrected chi connectivity index (χ3v) is 8.18. The number of esters is 2. The fourth-order valence-corrected chi connectivity index (χ4v) is 5.42. The van der Waals surface area contributed by atoms with Crippen LogP contribution in [0.2, 0.25) is 0 Å². The van der Waals surface area contributed by atoms with Crippen molar-refractivity contribution in [3.63, 3.8) is 0 Å². The van der Waals surface area contributed by atoms with Crippen LogP contribution < -0.4 is 0 Å². The summed E-state index contributed by atoms with van der Waals surface area (Å²) in [5.74, 6) is -0.419. The topological polar surface area (TPSA) is 72.9 Å². The molecule has 0 spiro atoms. The summed E-state index contributed by atoms with van der Waals surface area (Å²) in [6.45, 7) is 5.82. The fraction of sp³-hybridized carbons (Fsp3) is 0.919. The molecule has 0 aliphatic heterocycles. The average molecular weight is 626 g/mol. The minimum absolute atomic E-state index is 0.0275. The number of hydrogen-bond donors (Lipinski definition) is 0.